The fourth-order valence-corrected chi connectivity index (χ4v) is 3.14. The number of alkyl halides is 3. The first kappa shape index (κ1) is 17.7. The summed E-state index contributed by atoms with van der Waals surface area (Å²) in [5, 5.41) is 0. The van der Waals surface area contributed by atoms with Crippen LogP contribution in [-0.2, 0) is 4.74 Å². The van der Waals surface area contributed by atoms with Crippen molar-refractivity contribution in [2.75, 3.05) is 6.61 Å². The minimum absolute atomic E-state index is 0.0861. The van der Waals surface area contributed by atoms with Crippen LogP contribution in [0.5, 0.6) is 0 Å². The minimum atomic E-state index is -4.10. The van der Waals surface area contributed by atoms with E-state index in [1.54, 1.807) is 0 Å². The molecule has 1 fully saturated rings. The van der Waals surface area contributed by atoms with Crippen LogP contribution in [0.15, 0.2) is 0 Å². The number of rotatable bonds is 7. The molecule has 1 aliphatic rings. The molecule has 0 bridgehead atoms. The van der Waals surface area contributed by atoms with Gasteiger partial charge in [0.05, 0.1) is 11.6 Å². The predicted molar refractivity (Wildman–Crippen MR) is 73.0 cm³/mol. The van der Waals surface area contributed by atoms with Crippen molar-refractivity contribution < 1.29 is 17.9 Å². The van der Waals surface area contributed by atoms with Crippen LogP contribution in [-0.4, -0.2) is 24.4 Å². The molecule has 20 heavy (non-hydrogen) atoms. The molecular formula is C14H27F3N2O. The van der Waals surface area contributed by atoms with Crippen LogP contribution in [0.2, 0.25) is 0 Å². The number of hydrogen-bond acceptors (Lipinski definition) is 3. The molecule has 0 aromatic rings. The third kappa shape index (κ3) is 5.22. The van der Waals surface area contributed by atoms with Gasteiger partial charge in [0.1, 0.15) is 0 Å². The number of ether oxygens (including phenoxy) is 1. The molecule has 0 heterocycles. The van der Waals surface area contributed by atoms with Gasteiger partial charge in [-0.05, 0) is 51.4 Å². The van der Waals surface area contributed by atoms with E-state index >= 15 is 0 Å². The Morgan fingerprint density at radius 2 is 1.95 bits per heavy atom. The van der Waals surface area contributed by atoms with E-state index in [9.17, 15) is 13.2 Å². The van der Waals surface area contributed by atoms with Crippen molar-refractivity contribution in [3.63, 3.8) is 0 Å². The van der Waals surface area contributed by atoms with E-state index in [4.69, 9.17) is 10.6 Å². The summed E-state index contributed by atoms with van der Waals surface area (Å²) in [6.07, 6.45) is -0.573. The van der Waals surface area contributed by atoms with Crippen molar-refractivity contribution >= 4 is 0 Å². The molecule has 6 heteroatoms. The Morgan fingerprint density at radius 3 is 2.40 bits per heavy atom. The standard InChI is InChI=1S/C14H27F3N2O/c1-3-20-13(9-6-11(2)7-10-13)12(19-18)5-4-8-14(15,16)17/h11-12,19H,3-10,18H2,1-2H3. The maximum atomic E-state index is 12.3. The molecule has 120 valence electrons. The normalized spacial score (nSPS) is 29.4. The van der Waals surface area contributed by atoms with Crippen LogP contribution in [0.1, 0.15) is 58.8 Å². The number of hydrazine groups is 1. The number of halogens is 3. The third-order valence-corrected chi connectivity index (χ3v) is 4.34. The van der Waals surface area contributed by atoms with Gasteiger partial charge in [-0.2, -0.15) is 13.2 Å². The summed E-state index contributed by atoms with van der Waals surface area (Å²) < 4.78 is 42.7. The lowest BCUT2D eigenvalue weighted by Crippen LogP contribution is -2.56. The summed E-state index contributed by atoms with van der Waals surface area (Å²) in [4.78, 5) is 0. The first-order valence-electron chi connectivity index (χ1n) is 7.50. The fraction of sp³-hybridized carbons (Fsp3) is 1.00. The Kier molecular flexibility index (Phi) is 6.75. The summed E-state index contributed by atoms with van der Waals surface area (Å²) in [5.41, 5.74) is 2.30. The number of hydrogen-bond donors (Lipinski definition) is 2. The van der Waals surface area contributed by atoms with Gasteiger partial charge in [-0.1, -0.05) is 6.92 Å². The topological polar surface area (TPSA) is 47.3 Å². The lowest BCUT2D eigenvalue weighted by Gasteiger charge is -2.44. The highest BCUT2D eigenvalue weighted by atomic mass is 19.4. The van der Waals surface area contributed by atoms with Crippen molar-refractivity contribution in [1.29, 1.82) is 0 Å². The molecular weight excluding hydrogens is 269 g/mol. The molecule has 0 amide bonds. The Morgan fingerprint density at radius 1 is 1.35 bits per heavy atom. The first-order valence-corrected chi connectivity index (χ1v) is 7.50. The molecule has 0 aromatic carbocycles. The summed E-state index contributed by atoms with van der Waals surface area (Å²) in [6, 6.07) is -0.211. The van der Waals surface area contributed by atoms with Gasteiger partial charge in [0.15, 0.2) is 0 Å². The van der Waals surface area contributed by atoms with E-state index in [1.807, 2.05) is 6.92 Å². The van der Waals surface area contributed by atoms with Gasteiger partial charge in [0, 0.05) is 13.0 Å². The average Bonchev–Trinajstić information content (AvgIpc) is 2.37. The minimum Gasteiger partial charge on any atom is -0.374 e. The van der Waals surface area contributed by atoms with Crippen LogP contribution in [0.3, 0.4) is 0 Å². The van der Waals surface area contributed by atoms with E-state index < -0.39 is 18.2 Å². The molecule has 0 spiro atoms. The largest absolute Gasteiger partial charge is 0.389 e. The Bertz CT molecular complexity index is 276. The molecule has 3 nitrogen and oxygen atoms in total. The second-order valence-electron chi connectivity index (χ2n) is 5.91. The summed E-state index contributed by atoms with van der Waals surface area (Å²) in [7, 11) is 0. The van der Waals surface area contributed by atoms with E-state index in [0.29, 0.717) is 18.9 Å². The Balaban J connectivity index is 2.62. The molecule has 1 unspecified atom stereocenters. The van der Waals surface area contributed by atoms with Crippen molar-refractivity contribution in [1.82, 2.24) is 5.43 Å². The van der Waals surface area contributed by atoms with Gasteiger partial charge in [0.25, 0.3) is 0 Å². The molecule has 0 radical (unpaired) electrons. The van der Waals surface area contributed by atoms with Gasteiger partial charge >= 0.3 is 6.18 Å². The van der Waals surface area contributed by atoms with E-state index in [2.05, 4.69) is 12.3 Å². The van der Waals surface area contributed by atoms with Gasteiger partial charge < -0.3 is 4.74 Å². The highest BCUT2D eigenvalue weighted by molar-refractivity contribution is 4.95. The summed E-state index contributed by atoms with van der Waals surface area (Å²) in [6.45, 7) is 4.68. The highest BCUT2D eigenvalue weighted by Crippen LogP contribution is 2.39. The van der Waals surface area contributed by atoms with E-state index in [-0.39, 0.29) is 12.5 Å². The van der Waals surface area contributed by atoms with Crippen molar-refractivity contribution in [2.45, 2.75) is 76.6 Å². The zero-order valence-electron chi connectivity index (χ0n) is 12.4. The van der Waals surface area contributed by atoms with Gasteiger partial charge in [-0.3, -0.25) is 11.3 Å². The van der Waals surface area contributed by atoms with Crippen molar-refractivity contribution in [3.8, 4) is 0 Å². The first-order chi connectivity index (χ1) is 9.33. The molecule has 0 aliphatic heterocycles. The van der Waals surface area contributed by atoms with Crippen LogP contribution in [0, 0.1) is 5.92 Å². The van der Waals surface area contributed by atoms with Crippen molar-refractivity contribution in [3.05, 3.63) is 0 Å². The highest BCUT2D eigenvalue weighted by Gasteiger charge is 2.41. The number of nitrogens with two attached hydrogens (primary N) is 1. The zero-order chi connectivity index (χ0) is 15.2. The monoisotopic (exact) mass is 296 g/mol. The van der Waals surface area contributed by atoms with E-state index in [0.717, 1.165) is 25.7 Å². The lowest BCUT2D eigenvalue weighted by molar-refractivity contribution is -0.138. The Hall–Kier alpha value is -0.330. The Labute approximate surface area is 119 Å². The van der Waals surface area contributed by atoms with Gasteiger partial charge in [-0.15, -0.1) is 0 Å². The maximum Gasteiger partial charge on any atom is 0.389 e. The SMILES string of the molecule is CCOC1(C(CCCC(F)(F)F)NN)CCC(C)CC1. The van der Waals surface area contributed by atoms with Gasteiger partial charge in [0.2, 0.25) is 0 Å². The second-order valence-corrected chi connectivity index (χ2v) is 5.91. The van der Waals surface area contributed by atoms with Crippen LogP contribution in [0.4, 0.5) is 13.2 Å². The summed E-state index contributed by atoms with van der Waals surface area (Å²) in [5.74, 6) is 6.24. The molecule has 1 atom stereocenters. The fourth-order valence-electron chi connectivity index (χ4n) is 3.14. The quantitative estimate of drug-likeness (QED) is 0.558. The van der Waals surface area contributed by atoms with E-state index in [1.165, 1.54) is 0 Å². The second kappa shape index (κ2) is 7.61. The molecule has 0 saturated heterocycles. The average molecular weight is 296 g/mol. The molecule has 0 aromatic heterocycles. The van der Waals surface area contributed by atoms with Gasteiger partial charge in [-0.25, -0.2) is 0 Å². The lowest BCUT2D eigenvalue weighted by atomic mass is 9.74. The molecule has 3 N–H and O–H groups in total. The van der Waals surface area contributed by atoms with Crippen LogP contribution < -0.4 is 11.3 Å². The molecule has 1 rings (SSSR count). The molecule has 1 aliphatic carbocycles. The third-order valence-electron chi connectivity index (χ3n) is 4.34. The summed E-state index contributed by atoms with van der Waals surface area (Å²) >= 11 is 0. The smallest absolute Gasteiger partial charge is 0.374 e. The number of nitrogens with one attached hydrogen (secondary N) is 1. The maximum absolute atomic E-state index is 12.3. The van der Waals surface area contributed by atoms with Crippen molar-refractivity contribution in [2.24, 2.45) is 11.8 Å². The predicted octanol–water partition coefficient (Wildman–Crippen LogP) is 3.54. The molecule has 1 saturated carbocycles. The van der Waals surface area contributed by atoms with Crippen LogP contribution in [0.25, 0.3) is 0 Å². The van der Waals surface area contributed by atoms with Crippen LogP contribution >= 0.6 is 0 Å². The zero-order valence-corrected chi connectivity index (χ0v) is 12.4.